The van der Waals surface area contributed by atoms with Crippen molar-refractivity contribution in [3.05, 3.63) is 41.5 Å². The van der Waals surface area contributed by atoms with E-state index in [-0.39, 0.29) is 18.9 Å². The van der Waals surface area contributed by atoms with E-state index in [1.54, 1.807) is 0 Å². The van der Waals surface area contributed by atoms with E-state index in [0.29, 0.717) is 0 Å². The normalized spacial score (nSPS) is 9.84. The van der Waals surface area contributed by atoms with Gasteiger partial charge in [0.05, 0.1) is 6.42 Å². The molecule has 1 aromatic carbocycles. The number of para-hydroxylation sites is 1. The van der Waals surface area contributed by atoms with Gasteiger partial charge in [0.25, 0.3) is 5.91 Å². The molecule has 0 radical (unpaired) electrons. The standard InChI is InChI=1S/C15H19NO3/c1-11(2)10-14(17)16(9-8-15(18)19)13-7-5-4-6-12(13)3/h4-7,10H,8-9H2,1-3H3,(H,18,19). The first-order valence-electron chi connectivity index (χ1n) is 6.15. The van der Waals surface area contributed by atoms with Gasteiger partial charge in [-0.1, -0.05) is 23.8 Å². The highest BCUT2D eigenvalue weighted by Gasteiger charge is 2.16. The van der Waals surface area contributed by atoms with Gasteiger partial charge >= 0.3 is 5.97 Å². The van der Waals surface area contributed by atoms with E-state index in [9.17, 15) is 9.59 Å². The van der Waals surface area contributed by atoms with E-state index in [4.69, 9.17) is 5.11 Å². The third-order valence-electron chi connectivity index (χ3n) is 2.63. The largest absolute Gasteiger partial charge is 0.481 e. The summed E-state index contributed by atoms with van der Waals surface area (Å²) in [6, 6.07) is 7.46. The Kier molecular flexibility index (Phi) is 5.30. The first kappa shape index (κ1) is 15.0. The lowest BCUT2D eigenvalue weighted by Crippen LogP contribution is -2.32. The van der Waals surface area contributed by atoms with Gasteiger partial charge < -0.3 is 10.0 Å². The number of hydrogen-bond acceptors (Lipinski definition) is 2. The number of rotatable bonds is 5. The highest BCUT2D eigenvalue weighted by molar-refractivity contribution is 6.02. The Bertz CT molecular complexity index is 502. The molecule has 0 aliphatic carbocycles. The van der Waals surface area contributed by atoms with Crippen molar-refractivity contribution in [3.8, 4) is 0 Å². The lowest BCUT2D eigenvalue weighted by Gasteiger charge is -2.22. The van der Waals surface area contributed by atoms with Crippen LogP contribution >= 0.6 is 0 Å². The first-order valence-corrected chi connectivity index (χ1v) is 6.15. The average Bonchev–Trinajstić information content (AvgIpc) is 2.30. The summed E-state index contributed by atoms with van der Waals surface area (Å²) in [5.74, 6) is -1.10. The van der Waals surface area contributed by atoms with Crippen LogP contribution in [-0.4, -0.2) is 23.5 Å². The Balaban J connectivity index is 3.05. The Hall–Kier alpha value is -2.10. The molecule has 0 unspecified atom stereocenters. The molecule has 19 heavy (non-hydrogen) atoms. The molecule has 0 saturated heterocycles. The minimum Gasteiger partial charge on any atom is -0.481 e. The first-order chi connectivity index (χ1) is 8.91. The Morgan fingerprint density at radius 1 is 1.26 bits per heavy atom. The molecular formula is C15H19NO3. The second-order valence-corrected chi connectivity index (χ2v) is 4.64. The SMILES string of the molecule is CC(C)=CC(=O)N(CCC(=O)O)c1ccccc1C. The molecule has 1 amide bonds. The third kappa shape index (κ3) is 4.58. The van der Waals surface area contributed by atoms with Crippen LogP contribution in [0.1, 0.15) is 25.8 Å². The number of carbonyl (C=O) groups is 2. The Labute approximate surface area is 113 Å². The molecule has 0 saturated carbocycles. The van der Waals surface area contributed by atoms with Crippen LogP contribution in [0.25, 0.3) is 0 Å². The van der Waals surface area contributed by atoms with Gasteiger partial charge in [-0.05, 0) is 32.4 Å². The highest BCUT2D eigenvalue weighted by Crippen LogP contribution is 2.20. The number of anilines is 1. The molecule has 102 valence electrons. The van der Waals surface area contributed by atoms with Crippen molar-refractivity contribution in [3.63, 3.8) is 0 Å². The van der Waals surface area contributed by atoms with Gasteiger partial charge in [-0.2, -0.15) is 0 Å². The maximum absolute atomic E-state index is 12.2. The molecule has 0 aromatic heterocycles. The summed E-state index contributed by atoms with van der Waals surface area (Å²) in [7, 11) is 0. The van der Waals surface area contributed by atoms with Crippen molar-refractivity contribution in [1.29, 1.82) is 0 Å². The van der Waals surface area contributed by atoms with Crippen molar-refractivity contribution in [2.75, 3.05) is 11.4 Å². The van der Waals surface area contributed by atoms with Crippen LogP contribution in [0.2, 0.25) is 0 Å². The number of benzene rings is 1. The smallest absolute Gasteiger partial charge is 0.305 e. The number of carbonyl (C=O) groups excluding carboxylic acids is 1. The minimum absolute atomic E-state index is 0.0727. The summed E-state index contributed by atoms with van der Waals surface area (Å²) in [4.78, 5) is 24.4. The monoisotopic (exact) mass is 261 g/mol. The summed E-state index contributed by atoms with van der Waals surface area (Å²) in [5, 5.41) is 8.79. The molecular weight excluding hydrogens is 242 g/mol. The molecule has 0 fully saturated rings. The molecule has 1 N–H and O–H groups in total. The number of carboxylic acids is 1. The maximum atomic E-state index is 12.2. The molecule has 0 spiro atoms. The van der Waals surface area contributed by atoms with Crippen LogP contribution in [0.5, 0.6) is 0 Å². The third-order valence-corrected chi connectivity index (χ3v) is 2.63. The second kappa shape index (κ2) is 6.73. The van der Waals surface area contributed by atoms with Crippen LogP contribution in [0, 0.1) is 6.92 Å². The molecule has 0 atom stereocenters. The van der Waals surface area contributed by atoms with Gasteiger partial charge in [0.15, 0.2) is 0 Å². The summed E-state index contributed by atoms with van der Waals surface area (Å²) in [5.41, 5.74) is 2.59. The van der Waals surface area contributed by atoms with E-state index < -0.39 is 5.97 Å². The van der Waals surface area contributed by atoms with Crippen LogP contribution in [-0.2, 0) is 9.59 Å². The number of nitrogens with zero attached hydrogens (tertiary/aromatic N) is 1. The van der Waals surface area contributed by atoms with Crippen molar-refractivity contribution < 1.29 is 14.7 Å². The molecule has 1 rings (SSSR count). The molecule has 4 nitrogen and oxygen atoms in total. The zero-order chi connectivity index (χ0) is 14.4. The van der Waals surface area contributed by atoms with Crippen LogP contribution in [0.3, 0.4) is 0 Å². The van der Waals surface area contributed by atoms with Crippen LogP contribution in [0.15, 0.2) is 35.9 Å². The summed E-state index contributed by atoms with van der Waals surface area (Å²) >= 11 is 0. The van der Waals surface area contributed by atoms with Crippen molar-refractivity contribution in [2.24, 2.45) is 0 Å². The summed E-state index contributed by atoms with van der Waals surface area (Å²) < 4.78 is 0. The van der Waals surface area contributed by atoms with Gasteiger partial charge in [0.1, 0.15) is 0 Å². The number of aliphatic carboxylic acids is 1. The van der Waals surface area contributed by atoms with Crippen molar-refractivity contribution in [2.45, 2.75) is 27.2 Å². The Morgan fingerprint density at radius 3 is 2.42 bits per heavy atom. The predicted molar refractivity (Wildman–Crippen MR) is 75.2 cm³/mol. The summed E-state index contributed by atoms with van der Waals surface area (Å²) in [6.45, 7) is 5.75. The van der Waals surface area contributed by atoms with Crippen molar-refractivity contribution in [1.82, 2.24) is 0 Å². The zero-order valence-electron chi connectivity index (χ0n) is 11.5. The minimum atomic E-state index is -0.913. The number of carboxylic acid groups (broad SMARTS) is 1. The fourth-order valence-corrected chi connectivity index (χ4v) is 1.75. The maximum Gasteiger partial charge on any atom is 0.305 e. The summed E-state index contributed by atoms with van der Waals surface area (Å²) in [6.07, 6.45) is 1.45. The van der Waals surface area contributed by atoms with Gasteiger partial charge in [0, 0.05) is 18.3 Å². The van der Waals surface area contributed by atoms with E-state index in [0.717, 1.165) is 16.8 Å². The predicted octanol–water partition coefficient (Wildman–Crippen LogP) is 2.77. The molecule has 0 bridgehead atoms. The van der Waals surface area contributed by atoms with Gasteiger partial charge in [-0.25, -0.2) is 0 Å². The van der Waals surface area contributed by atoms with E-state index >= 15 is 0 Å². The van der Waals surface area contributed by atoms with Gasteiger partial charge in [-0.3, -0.25) is 9.59 Å². The van der Waals surface area contributed by atoms with Gasteiger partial charge in [0.2, 0.25) is 0 Å². The molecule has 0 heterocycles. The lowest BCUT2D eigenvalue weighted by molar-refractivity contribution is -0.136. The number of hydrogen-bond donors (Lipinski definition) is 1. The average molecular weight is 261 g/mol. The second-order valence-electron chi connectivity index (χ2n) is 4.64. The topological polar surface area (TPSA) is 57.6 Å². The lowest BCUT2D eigenvalue weighted by atomic mass is 10.1. The molecule has 1 aromatic rings. The fourth-order valence-electron chi connectivity index (χ4n) is 1.75. The van der Waals surface area contributed by atoms with E-state index in [1.165, 1.54) is 11.0 Å². The van der Waals surface area contributed by atoms with Crippen LogP contribution < -0.4 is 4.90 Å². The number of amides is 1. The molecule has 0 aliphatic rings. The van der Waals surface area contributed by atoms with E-state index in [2.05, 4.69) is 0 Å². The van der Waals surface area contributed by atoms with Gasteiger partial charge in [-0.15, -0.1) is 0 Å². The Morgan fingerprint density at radius 2 is 1.89 bits per heavy atom. The zero-order valence-corrected chi connectivity index (χ0v) is 11.5. The van der Waals surface area contributed by atoms with Crippen molar-refractivity contribution >= 4 is 17.6 Å². The molecule has 0 aliphatic heterocycles. The molecule has 4 heteroatoms. The number of allylic oxidation sites excluding steroid dienone is 1. The van der Waals surface area contributed by atoms with Crippen LogP contribution in [0.4, 0.5) is 5.69 Å². The highest BCUT2D eigenvalue weighted by atomic mass is 16.4. The quantitative estimate of drug-likeness (QED) is 0.829. The number of aryl methyl sites for hydroxylation is 1. The van der Waals surface area contributed by atoms with E-state index in [1.807, 2.05) is 45.0 Å². The fraction of sp³-hybridized carbons (Fsp3) is 0.333.